The molecular formula is C11H13BrFNO. The van der Waals surface area contributed by atoms with Crippen molar-refractivity contribution in [3.8, 4) is 0 Å². The van der Waals surface area contributed by atoms with Crippen LogP contribution in [-0.2, 0) is 0 Å². The normalized spacial score (nSPS) is 10.1. The number of hydrogen-bond donors (Lipinski definition) is 0. The van der Waals surface area contributed by atoms with Crippen molar-refractivity contribution in [2.24, 2.45) is 0 Å². The van der Waals surface area contributed by atoms with E-state index >= 15 is 0 Å². The highest BCUT2D eigenvalue weighted by Gasteiger charge is 2.12. The maximum Gasteiger partial charge on any atom is 0.253 e. The van der Waals surface area contributed by atoms with Crippen molar-refractivity contribution >= 4 is 21.8 Å². The lowest BCUT2D eigenvalue weighted by atomic mass is 10.2. The molecule has 0 saturated heterocycles. The van der Waals surface area contributed by atoms with E-state index in [1.165, 1.54) is 6.07 Å². The van der Waals surface area contributed by atoms with Crippen molar-refractivity contribution in [2.45, 2.75) is 13.3 Å². The van der Waals surface area contributed by atoms with Crippen LogP contribution in [0.15, 0.2) is 22.7 Å². The standard InChI is InChI=1S/C11H13BrFNO/c1-3-6-14(2)11(15)8-4-5-9(12)10(13)7-8/h4-5,7H,3,6H2,1-2H3. The lowest BCUT2D eigenvalue weighted by Gasteiger charge is -2.16. The first-order valence-electron chi connectivity index (χ1n) is 4.76. The van der Waals surface area contributed by atoms with Crippen LogP contribution in [0, 0.1) is 5.82 Å². The highest BCUT2D eigenvalue weighted by Crippen LogP contribution is 2.17. The first-order valence-corrected chi connectivity index (χ1v) is 5.56. The van der Waals surface area contributed by atoms with Crippen LogP contribution in [0.3, 0.4) is 0 Å². The molecule has 15 heavy (non-hydrogen) atoms. The van der Waals surface area contributed by atoms with Crippen molar-refractivity contribution in [1.82, 2.24) is 4.90 Å². The van der Waals surface area contributed by atoms with Crippen LogP contribution in [0.5, 0.6) is 0 Å². The zero-order chi connectivity index (χ0) is 11.4. The molecule has 82 valence electrons. The number of halogens is 2. The second kappa shape index (κ2) is 5.26. The van der Waals surface area contributed by atoms with Crippen LogP contribution in [0.4, 0.5) is 4.39 Å². The molecule has 0 radical (unpaired) electrons. The summed E-state index contributed by atoms with van der Waals surface area (Å²) in [4.78, 5) is 13.3. The van der Waals surface area contributed by atoms with Gasteiger partial charge in [0.25, 0.3) is 5.91 Å². The summed E-state index contributed by atoms with van der Waals surface area (Å²) < 4.78 is 13.5. The average molecular weight is 274 g/mol. The lowest BCUT2D eigenvalue weighted by molar-refractivity contribution is 0.0794. The van der Waals surface area contributed by atoms with E-state index in [9.17, 15) is 9.18 Å². The Labute approximate surface area is 97.2 Å². The van der Waals surface area contributed by atoms with E-state index in [0.717, 1.165) is 6.42 Å². The molecule has 0 fully saturated rings. The van der Waals surface area contributed by atoms with E-state index in [1.807, 2.05) is 6.92 Å². The number of benzene rings is 1. The molecule has 2 nitrogen and oxygen atoms in total. The average Bonchev–Trinajstić information content (AvgIpc) is 2.21. The third-order valence-corrected chi connectivity index (χ3v) is 2.72. The minimum atomic E-state index is -0.411. The van der Waals surface area contributed by atoms with Crippen LogP contribution in [0.2, 0.25) is 0 Å². The van der Waals surface area contributed by atoms with Gasteiger partial charge in [-0.3, -0.25) is 4.79 Å². The number of carbonyl (C=O) groups is 1. The van der Waals surface area contributed by atoms with Gasteiger partial charge in [0, 0.05) is 19.2 Å². The van der Waals surface area contributed by atoms with Crippen LogP contribution >= 0.6 is 15.9 Å². The van der Waals surface area contributed by atoms with Crippen molar-refractivity contribution < 1.29 is 9.18 Å². The Morgan fingerprint density at radius 1 is 1.53 bits per heavy atom. The van der Waals surface area contributed by atoms with Crippen LogP contribution < -0.4 is 0 Å². The Morgan fingerprint density at radius 2 is 2.20 bits per heavy atom. The van der Waals surface area contributed by atoms with Crippen LogP contribution in [0.1, 0.15) is 23.7 Å². The molecule has 0 aliphatic heterocycles. The van der Waals surface area contributed by atoms with Gasteiger partial charge >= 0.3 is 0 Å². The van der Waals surface area contributed by atoms with Crippen molar-refractivity contribution in [3.05, 3.63) is 34.1 Å². The number of carbonyl (C=O) groups excluding carboxylic acids is 1. The summed E-state index contributed by atoms with van der Waals surface area (Å²) in [5.74, 6) is -0.561. The molecule has 1 rings (SSSR count). The third-order valence-electron chi connectivity index (χ3n) is 2.07. The summed E-state index contributed by atoms with van der Waals surface area (Å²) in [5, 5.41) is 0. The zero-order valence-electron chi connectivity index (χ0n) is 8.76. The number of amides is 1. The predicted octanol–water partition coefficient (Wildman–Crippen LogP) is 3.07. The van der Waals surface area contributed by atoms with Gasteiger partial charge in [0.15, 0.2) is 0 Å². The second-order valence-electron chi connectivity index (χ2n) is 3.36. The largest absolute Gasteiger partial charge is 0.342 e. The molecule has 0 spiro atoms. The van der Waals surface area contributed by atoms with Gasteiger partial charge in [0.1, 0.15) is 5.82 Å². The molecule has 0 heterocycles. The monoisotopic (exact) mass is 273 g/mol. The minimum absolute atomic E-state index is 0.150. The number of nitrogens with zero attached hydrogens (tertiary/aromatic N) is 1. The van der Waals surface area contributed by atoms with Crippen molar-refractivity contribution in [3.63, 3.8) is 0 Å². The van der Waals surface area contributed by atoms with E-state index < -0.39 is 5.82 Å². The summed E-state index contributed by atoms with van der Waals surface area (Å²) in [6, 6.07) is 4.41. The quantitative estimate of drug-likeness (QED) is 0.829. The van der Waals surface area contributed by atoms with Crippen molar-refractivity contribution in [1.29, 1.82) is 0 Å². The van der Waals surface area contributed by atoms with Gasteiger partial charge in [-0.1, -0.05) is 6.92 Å². The summed E-state index contributed by atoms with van der Waals surface area (Å²) in [7, 11) is 1.71. The van der Waals surface area contributed by atoms with E-state index in [2.05, 4.69) is 15.9 Å². The van der Waals surface area contributed by atoms with E-state index in [4.69, 9.17) is 0 Å². The van der Waals surface area contributed by atoms with E-state index in [0.29, 0.717) is 16.6 Å². The Morgan fingerprint density at radius 3 is 2.73 bits per heavy atom. The van der Waals surface area contributed by atoms with Gasteiger partial charge in [-0.05, 0) is 40.5 Å². The molecule has 1 amide bonds. The number of rotatable bonds is 3. The maximum absolute atomic E-state index is 13.2. The van der Waals surface area contributed by atoms with E-state index in [-0.39, 0.29) is 5.91 Å². The fraction of sp³-hybridized carbons (Fsp3) is 0.364. The SMILES string of the molecule is CCCN(C)C(=O)c1ccc(Br)c(F)c1. The van der Waals surface area contributed by atoms with Gasteiger partial charge in [0.05, 0.1) is 4.47 Å². The molecule has 0 saturated carbocycles. The molecule has 0 atom stereocenters. The third kappa shape index (κ3) is 3.02. The molecule has 1 aromatic carbocycles. The van der Waals surface area contributed by atoms with Gasteiger partial charge in [-0.2, -0.15) is 0 Å². The fourth-order valence-corrected chi connectivity index (χ4v) is 1.53. The highest BCUT2D eigenvalue weighted by molar-refractivity contribution is 9.10. The van der Waals surface area contributed by atoms with Crippen LogP contribution in [0.25, 0.3) is 0 Å². The lowest BCUT2D eigenvalue weighted by Crippen LogP contribution is -2.27. The fourth-order valence-electron chi connectivity index (χ4n) is 1.29. The zero-order valence-corrected chi connectivity index (χ0v) is 10.3. The first kappa shape index (κ1) is 12.2. The van der Waals surface area contributed by atoms with Crippen LogP contribution in [-0.4, -0.2) is 24.4 Å². The molecule has 0 aliphatic rings. The Balaban J connectivity index is 2.87. The predicted molar refractivity (Wildman–Crippen MR) is 61.4 cm³/mol. The molecule has 0 aromatic heterocycles. The Bertz CT molecular complexity index is 368. The smallest absolute Gasteiger partial charge is 0.253 e. The molecule has 0 unspecified atom stereocenters. The maximum atomic E-state index is 13.2. The van der Waals surface area contributed by atoms with Gasteiger partial charge in [-0.15, -0.1) is 0 Å². The molecular weight excluding hydrogens is 261 g/mol. The summed E-state index contributed by atoms with van der Waals surface area (Å²) in [6.45, 7) is 2.67. The van der Waals surface area contributed by atoms with Gasteiger partial charge in [-0.25, -0.2) is 4.39 Å². The highest BCUT2D eigenvalue weighted by atomic mass is 79.9. The molecule has 0 N–H and O–H groups in total. The van der Waals surface area contributed by atoms with Gasteiger partial charge in [0.2, 0.25) is 0 Å². The van der Waals surface area contributed by atoms with Crippen molar-refractivity contribution in [2.75, 3.05) is 13.6 Å². The topological polar surface area (TPSA) is 20.3 Å². The molecule has 0 bridgehead atoms. The summed E-state index contributed by atoms with van der Waals surface area (Å²) in [6.07, 6.45) is 0.890. The molecule has 4 heteroatoms. The second-order valence-corrected chi connectivity index (χ2v) is 4.21. The van der Waals surface area contributed by atoms with E-state index in [1.54, 1.807) is 24.1 Å². The molecule has 1 aromatic rings. The van der Waals surface area contributed by atoms with Gasteiger partial charge < -0.3 is 4.90 Å². The number of hydrogen-bond acceptors (Lipinski definition) is 1. The Kier molecular flexibility index (Phi) is 4.27. The minimum Gasteiger partial charge on any atom is -0.342 e. The first-order chi connectivity index (χ1) is 7.06. The Hall–Kier alpha value is -0.900. The summed E-state index contributed by atoms with van der Waals surface area (Å²) in [5.41, 5.74) is 0.381. The molecule has 0 aliphatic carbocycles. The summed E-state index contributed by atoms with van der Waals surface area (Å²) >= 11 is 3.05.